The summed E-state index contributed by atoms with van der Waals surface area (Å²) in [6.45, 7) is 7.21. The van der Waals surface area contributed by atoms with Crippen LogP contribution in [0.15, 0.2) is 0 Å². The van der Waals surface area contributed by atoms with Crippen LogP contribution in [-0.2, 0) is 9.53 Å². The molecule has 0 aliphatic carbocycles. The lowest BCUT2D eigenvalue weighted by Gasteiger charge is -2.39. The molecule has 1 heterocycles. The van der Waals surface area contributed by atoms with E-state index >= 15 is 0 Å². The Labute approximate surface area is 126 Å². The standard InChI is InChI=1S/C15H28N2O4/c1-5-6-15(12(18)19)7-9-17(10-8-15)13(20)16-11-14(2,3)21-4/h5-11H2,1-4H3,(H,16,20)(H,18,19). The average Bonchev–Trinajstić information content (AvgIpc) is 2.46. The van der Waals surface area contributed by atoms with Crippen LogP contribution in [0.1, 0.15) is 46.5 Å². The van der Waals surface area contributed by atoms with E-state index in [1.807, 2.05) is 20.8 Å². The third kappa shape index (κ3) is 4.59. The Morgan fingerprint density at radius 3 is 2.33 bits per heavy atom. The number of methoxy groups -OCH3 is 1. The molecule has 0 aromatic rings. The van der Waals surface area contributed by atoms with Crippen LogP contribution in [0, 0.1) is 5.41 Å². The number of urea groups is 1. The lowest BCUT2D eigenvalue weighted by molar-refractivity contribution is -0.152. The van der Waals surface area contributed by atoms with Gasteiger partial charge in [0.05, 0.1) is 11.0 Å². The van der Waals surface area contributed by atoms with Crippen molar-refractivity contribution < 1.29 is 19.4 Å². The molecule has 1 rings (SSSR count). The van der Waals surface area contributed by atoms with Gasteiger partial charge in [0.1, 0.15) is 0 Å². The third-order valence-corrected chi connectivity index (χ3v) is 4.41. The van der Waals surface area contributed by atoms with Crippen molar-refractivity contribution in [1.82, 2.24) is 10.2 Å². The smallest absolute Gasteiger partial charge is 0.317 e. The molecule has 1 saturated heterocycles. The molecule has 2 amide bonds. The van der Waals surface area contributed by atoms with Crippen LogP contribution in [0.5, 0.6) is 0 Å². The zero-order valence-corrected chi connectivity index (χ0v) is 13.6. The molecule has 1 aliphatic heterocycles. The van der Waals surface area contributed by atoms with Crippen molar-refractivity contribution >= 4 is 12.0 Å². The monoisotopic (exact) mass is 300 g/mol. The van der Waals surface area contributed by atoms with E-state index in [-0.39, 0.29) is 6.03 Å². The first-order valence-electron chi connectivity index (χ1n) is 7.58. The van der Waals surface area contributed by atoms with Crippen LogP contribution in [0.3, 0.4) is 0 Å². The summed E-state index contributed by atoms with van der Waals surface area (Å²) in [5.74, 6) is -0.732. The second kappa shape index (κ2) is 7.11. The lowest BCUT2D eigenvalue weighted by atomic mass is 9.75. The molecule has 0 unspecified atom stereocenters. The molecule has 122 valence electrons. The van der Waals surface area contributed by atoms with Crippen molar-refractivity contribution in [3.8, 4) is 0 Å². The highest BCUT2D eigenvalue weighted by atomic mass is 16.5. The zero-order chi connectivity index (χ0) is 16.1. The summed E-state index contributed by atoms with van der Waals surface area (Å²) in [7, 11) is 1.61. The number of aliphatic carboxylic acids is 1. The zero-order valence-electron chi connectivity index (χ0n) is 13.6. The first kappa shape index (κ1) is 17.8. The molecular formula is C15H28N2O4. The average molecular weight is 300 g/mol. The Kier molecular flexibility index (Phi) is 6.01. The summed E-state index contributed by atoms with van der Waals surface area (Å²) in [5, 5.41) is 12.3. The number of nitrogens with zero attached hydrogens (tertiary/aromatic N) is 1. The molecular weight excluding hydrogens is 272 g/mol. The van der Waals surface area contributed by atoms with Crippen LogP contribution >= 0.6 is 0 Å². The Bertz CT molecular complexity index is 374. The number of rotatable bonds is 6. The van der Waals surface area contributed by atoms with Gasteiger partial charge in [-0.05, 0) is 33.1 Å². The quantitative estimate of drug-likeness (QED) is 0.787. The number of carbonyl (C=O) groups is 2. The van der Waals surface area contributed by atoms with E-state index in [0.717, 1.165) is 6.42 Å². The summed E-state index contributed by atoms with van der Waals surface area (Å²) in [4.78, 5) is 25.3. The maximum Gasteiger partial charge on any atom is 0.317 e. The van der Waals surface area contributed by atoms with Crippen molar-refractivity contribution in [2.75, 3.05) is 26.7 Å². The molecule has 6 heteroatoms. The van der Waals surface area contributed by atoms with Crippen molar-refractivity contribution in [2.24, 2.45) is 5.41 Å². The van der Waals surface area contributed by atoms with Gasteiger partial charge in [-0.15, -0.1) is 0 Å². The molecule has 0 saturated carbocycles. The maximum atomic E-state index is 12.1. The number of hydrogen-bond acceptors (Lipinski definition) is 3. The summed E-state index contributed by atoms with van der Waals surface area (Å²) in [5.41, 5.74) is -1.06. The molecule has 0 aromatic carbocycles. The van der Waals surface area contributed by atoms with Gasteiger partial charge < -0.3 is 20.1 Å². The lowest BCUT2D eigenvalue weighted by Crippen LogP contribution is -2.51. The number of carboxylic acid groups (broad SMARTS) is 1. The SMILES string of the molecule is CCCC1(C(=O)O)CCN(C(=O)NCC(C)(C)OC)CC1. The van der Waals surface area contributed by atoms with Crippen LogP contribution in [0.25, 0.3) is 0 Å². The Hall–Kier alpha value is -1.30. The molecule has 1 fully saturated rings. The van der Waals surface area contributed by atoms with Crippen molar-refractivity contribution in [1.29, 1.82) is 0 Å². The second-order valence-electron chi connectivity index (χ2n) is 6.45. The number of ether oxygens (including phenoxy) is 1. The minimum absolute atomic E-state index is 0.143. The predicted octanol–water partition coefficient (Wildman–Crippen LogP) is 2.09. The second-order valence-corrected chi connectivity index (χ2v) is 6.45. The van der Waals surface area contributed by atoms with Gasteiger partial charge in [-0.25, -0.2) is 4.79 Å². The van der Waals surface area contributed by atoms with Gasteiger partial charge in [0.25, 0.3) is 0 Å². The number of carbonyl (C=O) groups excluding carboxylic acids is 1. The number of nitrogens with one attached hydrogen (secondary N) is 1. The fraction of sp³-hybridized carbons (Fsp3) is 0.867. The molecule has 2 N–H and O–H groups in total. The highest BCUT2D eigenvalue weighted by molar-refractivity contribution is 5.77. The van der Waals surface area contributed by atoms with Gasteiger partial charge in [-0.3, -0.25) is 4.79 Å². The molecule has 21 heavy (non-hydrogen) atoms. The first-order valence-corrected chi connectivity index (χ1v) is 7.58. The highest BCUT2D eigenvalue weighted by Crippen LogP contribution is 2.36. The van der Waals surface area contributed by atoms with Gasteiger partial charge in [-0.1, -0.05) is 13.3 Å². The van der Waals surface area contributed by atoms with E-state index in [1.165, 1.54) is 0 Å². The highest BCUT2D eigenvalue weighted by Gasteiger charge is 2.41. The van der Waals surface area contributed by atoms with E-state index in [2.05, 4.69) is 5.32 Å². The summed E-state index contributed by atoms with van der Waals surface area (Å²) in [6.07, 6.45) is 2.57. The number of likely N-dealkylation sites (tertiary alicyclic amines) is 1. The Morgan fingerprint density at radius 2 is 1.90 bits per heavy atom. The summed E-state index contributed by atoms with van der Waals surface area (Å²) >= 11 is 0. The molecule has 0 atom stereocenters. The molecule has 0 radical (unpaired) electrons. The third-order valence-electron chi connectivity index (χ3n) is 4.41. The van der Waals surface area contributed by atoms with E-state index < -0.39 is 17.0 Å². The largest absolute Gasteiger partial charge is 0.481 e. The van der Waals surface area contributed by atoms with Gasteiger partial charge in [-0.2, -0.15) is 0 Å². The molecule has 1 aliphatic rings. The fourth-order valence-electron chi connectivity index (χ4n) is 2.66. The van der Waals surface area contributed by atoms with E-state index in [4.69, 9.17) is 4.74 Å². The fourth-order valence-corrected chi connectivity index (χ4v) is 2.66. The first-order chi connectivity index (χ1) is 9.76. The predicted molar refractivity (Wildman–Crippen MR) is 80.3 cm³/mol. The van der Waals surface area contributed by atoms with Crippen LogP contribution < -0.4 is 5.32 Å². The van der Waals surface area contributed by atoms with Gasteiger partial charge >= 0.3 is 12.0 Å². The maximum absolute atomic E-state index is 12.1. The summed E-state index contributed by atoms with van der Waals surface area (Å²) < 4.78 is 5.26. The van der Waals surface area contributed by atoms with Gasteiger partial charge in [0.2, 0.25) is 0 Å². The minimum Gasteiger partial charge on any atom is -0.481 e. The Morgan fingerprint density at radius 1 is 1.33 bits per heavy atom. The molecule has 6 nitrogen and oxygen atoms in total. The van der Waals surface area contributed by atoms with Crippen molar-refractivity contribution in [3.63, 3.8) is 0 Å². The van der Waals surface area contributed by atoms with E-state index in [0.29, 0.717) is 38.9 Å². The molecule has 0 bridgehead atoms. The van der Waals surface area contributed by atoms with Crippen molar-refractivity contribution in [2.45, 2.75) is 52.1 Å². The summed E-state index contributed by atoms with van der Waals surface area (Å²) in [6, 6.07) is -0.143. The van der Waals surface area contributed by atoms with Crippen LogP contribution in [0.4, 0.5) is 4.79 Å². The molecule has 0 aromatic heterocycles. The number of piperidine rings is 1. The number of hydrogen-bond donors (Lipinski definition) is 2. The molecule has 0 spiro atoms. The minimum atomic E-state index is -0.732. The van der Waals surface area contributed by atoms with Gasteiger partial charge in [0.15, 0.2) is 0 Å². The number of amides is 2. The number of carboxylic acids is 1. The van der Waals surface area contributed by atoms with Crippen LogP contribution in [0.2, 0.25) is 0 Å². The normalized spacial score (nSPS) is 18.4. The Balaban J connectivity index is 2.52. The van der Waals surface area contributed by atoms with Crippen LogP contribution in [-0.4, -0.2) is 54.4 Å². The van der Waals surface area contributed by atoms with Gasteiger partial charge in [0, 0.05) is 26.7 Å². The van der Waals surface area contributed by atoms with E-state index in [9.17, 15) is 14.7 Å². The van der Waals surface area contributed by atoms with Crippen molar-refractivity contribution in [3.05, 3.63) is 0 Å². The van der Waals surface area contributed by atoms with E-state index in [1.54, 1.807) is 12.0 Å². The topological polar surface area (TPSA) is 78.9 Å².